The summed E-state index contributed by atoms with van der Waals surface area (Å²) in [5, 5.41) is 0.0933. The molecule has 0 aliphatic rings. The molecular weight excluding hydrogens is 240 g/mol. The Labute approximate surface area is 100.0 Å². The van der Waals surface area contributed by atoms with Crippen LogP contribution in [0.5, 0.6) is 0 Å². The molecule has 0 aliphatic carbocycles. The molecule has 1 aromatic heterocycles. The summed E-state index contributed by atoms with van der Waals surface area (Å²) in [5.41, 5.74) is 1.49. The van der Waals surface area contributed by atoms with Crippen molar-refractivity contribution in [3.8, 4) is 0 Å². The lowest BCUT2D eigenvalue weighted by molar-refractivity contribution is 0.185. The number of sulfone groups is 1. The maximum atomic E-state index is 11.7. The minimum atomic E-state index is -3.33. The molecule has 0 bridgehead atoms. The van der Waals surface area contributed by atoms with Crippen molar-refractivity contribution in [3.63, 3.8) is 0 Å². The van der Waals surface area contributed by atoms with Crippen LogP contribution < -0.4 is 0 Å². The van der Waals surface area contributed by atoms with E-state index in [2.05, 4.69) is 4.98 Å². The fourth-order valence-corrected chi connectivity index (χ4v) is 2.59. The van der Waals surface area contributed by atoms with E-state index >= 15 is 0 Å². The molecule has 5 nitrogen and oxygen atoms in total. The van der Waals surface area contributed by atoms with Gasteiger partial charge < -0.3 is 9.30 Å². The highest BCUT2D eigenvalue weighted by Crippen LogP contribution is 2.19. The maximum Gasteiger partial charge on any atom is 0.228 e. The summed E-state index contributed by atoms with van der Waals surface area (Å²) >= 11 is 0. The van der Waals surface area contributed by atoms with Gasteiger partial charge in [-0.05, 0) is 12.1 Å². The van der Waals surface area contributed by atoms with Gasteiger partial charge in [0.15, 0.2) is 0 Å². The quantitative estimate of drug-likeness (QED) is 0.819. The third-order valence-corrected chi connectivity index (χ3v) is 3.45. The zero-order chi connectivity index (χ0) is 12.5. The number of ether oxygens (including phenoxy) is 1. The molecule has 0 atom stereocenters. The van der Waals surface area contributed by atoms with E-state index in [1.807, 2.05) is 18.2 Å². The Morgan fingerprint density at radius 2 is 2.06 bits per heavy atom. The number of benzene rings is 1. The van der Waals surface area contributed by atoms with Gasteiger partial charge in [-0.1, -0.05) is 12.1 Å². The van der Waals surface area contributed by atoms with Crippen LogP contribution in [0, 0.1) is 0 Å². The molecule has 17 heavy (non-hydrogen) atoms. The Bertz CT molecular complexity index is 631. The van der Waals surface area contributed by atoms with Gasteiger partial charge in [0.1, 0.15) is 0 Å². The first-order chi connectivity index (χ1) is 8.04. The first kappa shape index (κ1) is 12.1. The van der Waals surface area contributed by atoms with Gasteiger partial charge in [0.05, 0.1) is 17.6 Å². The minimum absolute atomic E-state index is 0.0933. The van der Waals surface area contributed by atoms with Crippen LogP contribution in [0.1, 0.15) is 0 Å². The average Bonchev–Trinajstić information content (AvgIpc) is 2.65. The minimum Gasteiger partial charge on any atom is -0.383 e. The topological polar surface area (TPSA) is 61.2 Å². The first-order valence-electron chi connectivity index (χ1n) is 5.18. The molecule has 2 rings (SSSR count). The van der Waals surface area contributed by atoms with Crippen LogP contribution in [0.4, 0.5) is 0 Å². The van der Waals surface area contributed by atoms with E-state index in [1.54, 1.807) is 17.7 Å². The van der Waals surface area contributed by atoms with Crippen LogP contribution in [-0.4, -0.2) is 37.9 Å². The number of rotatable bonds is 4. The molecule has 92 valence electrons. The molecule has 0 aliphatic heterocycles. The molecule has 0 N–H and O–H groups in total. The third-order valence-electron chi connectivity index (χ3n) is 2.47. The first-order valence-corrected chi connectivity index (χ1v) is 7.07. The summed E-state index contributed by atoms with van der Waals surface area (Å²) in [7, 11) is -1.75. The van der Waals surface area contributed by atoms with E-state index in [9.17, 15) is 8.42 Å². The normalized spacial score (nSPS) is 12.1. The smallest absolute Gasteiger partial charge is 0.228 e. The summed E-state index contributed by atoms with van der Waals surface area (Å²) in [6.45, 7) is 0.919. The van der Waals surface area contributed by atoms with Crippen LogP contribution >= 0.6 is 0 Å². The van der Waals surface area contributed by atoms with E-state index in [0.29, 0.717) is 18.7 Å². The second kappa shape index (κ2) is 4.46. The van der Waals surface area contributed by atoms with Crippen molar-refractivity contribution in [1.29, 1.82) is 0 Å². The van der Waals surface area contributed by atoms with E-state index in [1.165, 1.54) is 0 Å². The molecule has 6 heteroatoms. The van der Waals surface area contributed by atoms with Crippen molar-refractivity contribution in [2.24, 2.45) is 0 Å². The van der Waals surface area contributed by atoms with Crippen molar-refractivity contribution in [1.82, 2.24) is 9.55 Å². The maximum absolute atomic E-state index is 11.7. The van der Waals surface area contributed by atoms with Gasteiger partial charge in [-0.25, -0.2) is 13.4 Å². The van der Waals surface area contributed by atoms with Crippen LogP contribution in [0.15, 0.2) is 29.4 Å². The number of nitrogens with zero attached hydrogens (tertiary/aromatic N) is 2. The third kappa shape index (κ3) is 2.32. The summed E-state index contributed by atoms with van der Waals surface area (Å²) < 4.78 is 30.0. The molecule has 0 amide bonds. The second-order valence-electron chi connectivity index (χ2n) is 3.80. The van der Waals surface area contributed by atoms with E-state index in [-0.39, 0.29) is 5.16 Å². The molecule has 1 aromatic carbocycles. The SMILES string of the molecule is COCCn1c(S(C)(=O)=O)nc2ccccc21. The van der Waals surface area contributed by atoms with E-state index in [4.69, 9.17) is 4.74 Å². The van der Waals surface area contributed by atoms with Gasteiger partial charge in [-0.2, -0.15) is 0 Å². The van der Waals surface area contributed by atoms with Gasteiger partial charge in [0, 0.05) is 19.9 Å². The highest BCUT2D eigenvalue weighted by atomic mass is 32.2. The number of imidazole rings is 1. The Morgan fingerprint density at radius 1 is 1.35 bits per heavy atom. The molecular formula is C11H14N2O3S. The van der Waals surface area contributed by atoms with E-state index < -0.39 is 9.84 Å². The predicted octanol–water partition coefficient (Wildman–Crippen LogP) is 1.09. The fourth-order valence-electron chi connectivity index (χ4n) is 1.74. The van der Waals surface area contributed by atoms with Crippen molar-refractivity contribution < 1.29 is 13.2 Å². The number of methoxy groups -OCH3 is 1. The molecule has 0 fully saturated rings. The number of fused-ring (bicyclic) bond motifs is 1. The van der Waals surface area contributed by atoms with Crippen LogP contribution in [0.25, 0.3) is 11.0 Å². The second-order valence-corrected chi connectivity index (χ2v) is 5.71. The number of para-hydroxylation sites is 2. The summed E-state index contributed by atoms with van der Waals surface area (Å²) in [4.78, 5) is 4.16. The van der Waals surface area contributed by atoms with Crippen LogP contribution in [0.2, 0.25) is 0 Å². The Kier molecular flexibility index (Phi) is 3.17. The van der Waals surface area contributed by atoms with Crippen molar-refractivity contribution in [2.75, 3.05) is 20.0 Å². The molecule has 0 saturated heterocycles. The zero-order valence-corrected chi connectivity index (χ0v) is 10.6. The number of aromatic nitrogens is 2. The lowest BCUT2D eigenvalue weighted by Crippen LogP contribution is -2.12. The van der Waals surface area contributed by atoms with Crippen molar-refractivity contribution >= 4 is 20.9 Å². The lowest BCUT2D eigenvalue weighted by atomic mass is 10.3. The highest BCUT2D eigenvalue weighted by Gasteiger charge is 2.18. The molecule has 1 heterocycles. The van der Waals surface area contributed by atoms with Crippen molar-refractivity contribution in [3.05, 3.63) is 24.3 Å². The average molecular weight is 254 g/mol. The molecule has 0 saturated carbocycles. The van der Waals surface area contributed by atoms with Crippen molar-refractivity contribution in [2.45, 2.75) is 11.7 Å². The van der Waals surface area contributed by atoms with Crippen LogP contribution in [-0.2, 0) is 21.1 Å². The number of hydrogen-bond donors (Lipinski definition) is 0. The molecule has 0 unspecified atom stereocenters. The lowest BCUT2D eigenvalue weighted by Gasteiger charge is -2.06. The van der Waals surface area contributed by atoms with Gasteiger partial charge >= 0.3 is 0 Å². The van der Waals surface area contributed by atoms with Crippen LogP contribution in [0.3, 0.4) is 0 Å². The Balaban J connectivity index is 2.65. The summed E-state index contributed by atoms with van der Waals surface area (Å²) in [5.74, 6) is 0. The predicted molar refractivity (Wildman–Crippen MR) is 64.7 cm³/mol. The van der Waals surface area contributed by atoms with Gasteiger partial charge in [0.25, 0.3) is 0 Å². The summed E-state index contributed by atoms with van der Waals surface area (Å²) in [6.07, 6.45) is 1.16. The highest BCUT2D eigenvalue weighted by molar-refractivity contribution is 7.90. The van der Waals surface area contributed by atoms with E-state index in [0.717, 1.165) is 11.8 Å². The monoisotopic (exact) mass is 254 g/mol. The molecule has 2 aromatic rings. The van der Waals surface area contributed by atoms with Gasteiger partial charge in [0.2, 0.25) is 15.0 Å². The summed E-state index contributed by atoms with van der Waals surface area (Å²) in [6, 6.07) is 7.35. The standard InChI is InChI=1S/C11H14N2O3S/c1-16-8-7-13-10-6-4-3-5-9(10)12-11(13)17(2,14)15/h3-6H,7-8H2,1-2H3. The van der Waals surface area contributed by atoms with Gasteiger partial charge in [-0.15, -0.1) is 0 Å². The Hall–Kier alpha value is -1.40. The van der Waals surface area contributed by atoms with Gasteiger partial charge in [-0.3, -0.25) is 0 Å². The zero-order valence-electron chi connectivity index (χ0n) is 9.75. The fraction of sp³-hybridized carbons (Fsp3) is 0.364. The largest absolute Gasteiger partial charge is 0.383 e. The molecule has 0 spiro atoms. The number of hydrogen-bond acceptors (Lipinski definition) is 4. The Morgan fingerprint density at radius 3 is 2.71 bits per heavy atom. The molecule has 0 radical (unpaired) electrons.